The zero-order valence-corrected chi connectivity index (χ0v) is 13.2. The second kappa shape index (κ2) is 6.54. The Hall–Kier alpha value is -0.790. The summed E-state index contributed by atoms with van der Waals surface area (Å²) in [6.07, 6.45) is -1.43. The van der Waals surface area contributed by atoms with Crippen molar-refractivity contribution in [3.8, 4) is 5.75 Å². The average Bonchev–Trinajstić information content (AvgIpc) is 2.34. The third kappa shape index (κ3) is 4.59. The van der Waals surface area contributed by atoms with E-state index in [1.807, 2.05) is 0 Å². The highest BCUT2D eigenvalue weighted by Gasteiger charge is 2.36. The van der Waals surface area contributed by atoms with E-state index in [1.54, 1.807) is 19.2 Å². The molecule has 0 heterocycles. The molecule has 0 atom stereocenters. The van der Waals surface area contributed by atoms with E-state index in [4.69, 9.17) is 4.74 Å². The quantitative estimate of drug-likeness (QED) is 0.823. The molecule has 1 aliphatic rings. The number of benzene rings is 1. The van der Waals surface area contributed by atoms with Gasteiger partial charge in [0.05, 0.1) is 10.1 Å². The summed E-state index contributed by atoms with van der Waals surface area (Å²) in [5, 5.41) is 3.28. The van der Waals surface area contributed by atoms with Crippen LogP contribution in [0.3, 0.4) is 0 Å². The van der Waals surface area contributed by atoms with Crippen molar-refractivity contribution < 1.29 is 22.6 Å². The Labute approximate surface area is 129 Å². The molecule has 0 unspecified atom stereocenters. The first-order valence-electron chi connectivity index (χ1n) is 6.64. The van der Waals surface area contributed by atoms with Crippen molar-refractivity contribution in [2.45, 2.75) is 37.8 Å². The van der Waals surface area contributed by atoms with Crippen molar-refractivity contribution in [2.75, 3.05) is 13.7 Å². The molecule has 3 nitrogen and oxygen atoms in total. The molecule has 21 heavy (non-hydrogen) atoms. The van der Waals surface area contributed by atoms with E-state index in [0.717, 1.165) is 24.9 Å². The molecular formula is C14H17BrF3NO2. The van der Waals surface area contributed by atoms with Gasteiger partial charge in [-0.3, -0.25) is 0 Å². The highest BCUT2D eigenvalue weighted by atomic mass is 79.9. The van der Waals surface area contributed by atoms with Gasteiger partial charge in [0.15, 0.2) is 0 Å². The lowest BCUT2D eigenvalue weighted by atomic mass is 9.80. The Kier molecular flexibility index (Phi) is 5.16. The Morgan fingerprint density at radius 3 is 2.52 bits per heavy atom. The van der Waals surface area contributed by atoms with Crippen LogP contribution in [0, 0.1) is 0 Å². The van der Waals surface area contributed by atoms with E-state index in [9.17, 15) is 13.2 Å². The fourth-order valence-electron chi connectivity index (χ4n) is 2.32. The van der Waals surface area contributed by atoms with E-state index >= 15 is 0 Å². The fourth-order valence-corrected chi connectivity index (χ4v) is 2.83. The van der Waals surface area contributed by atoms with Crippen molar-refractivity contribution in [3.63, 3.8) is 0 Å². The van der Waals surface area contributed by atoms with Crippen LogP contribution in [0.15, 0.2) is 22.7 Å². The molecule has 0 amide bonds. The number of nitrogens with one attached hydrogen (secondary N) is 1. The van der Waals surface area contributed by atoms with Gasteiger partial charge >= 0.3 is 6.36 Å². The fraction of sp³-hybridized carbons (Fsp3) is 0.571. The van der Waals surface area contributed by atoms with Crippen LogP contribution in [-0.4, -0.2) is 25.6 Å². The normalized spacial score (nSPS) is 17.4. The number of alkyl halides is 3. The molecule has 0 spiro atoms. The van der Waals surface area contributed by atoms with E-state index in [1.165, 1.54) is 12.5 Å². The van der Waals surface area contributed by atoms with Crippen molar-refractivity contribution in [1.29, 1.82) is 0 Å². The molecule has 1 saturated carbocycles. The number of ether oxygens (including phenoxy) is 2. The van der Waals surface area contributed by atoms with Gasteiger partial charge in [-0.1, -0.05) is 6.07 Å². The Bertz CT molecular complexity index is 484. The Morgan fingerprint density at radius 2 is 2.05 bits per heavy atom. The van der Waals surface area contributed by atoms with E-state index in [0.29, 0.717) is 6.54 Å². The van der Waals surface area contributed by atoms with E-state index < -0.39 is 6.36 Å². The van der Waals surface area contributed by atoms with Crippen LogP contribution in [-0.2, 0) is 11.3 Å². The maximum atomic E-state index is 12.2. The number of methoxy groups -OCH3 is 1. The van der Waals surface area contributed by atoms with Crippen molar-refractivity contribution in [1.82, 2.24) is 5.32 Å². The van der Waals surface area contributed by atoms with Crippen molar-refractivity contribution in [2.24, 2.45) is 0 Å². The summed E-state index contributed by atoms with van der Waals surface area (Å²) in [5.74, 6) is -0.237. The minimum atomic E-state index is -4.68. The first kappa shape index (κ1) is 16.6. The molecule has 118 valence electrons. The van der Waals surface area contributed by atoms with Gasteiger partial charge in [0.1, 0.15) is 5.75 Å². The monoisotopic (exact) mass is 367 g/mol. The van der Waals surface area contributed by atoms with Crippen molar-refractivity contribution in [3.05, 3.63) is 28.2 Å². The minimum Gasteiger partial charge on any atom is -0.405 e. The molecule has 0 bridgehead atoms. The zero-order valence-electron chi connectivity index (χ0n) is 11.6. The molecule has 1 N–H and O–H groups in total. The summed E-state index contributed by atoms with van der Waals surface area (Å²) in [5.41, 5.74) is 0.804. The topological polar surface area (TPSA) is 30.5 Å². The van der Waals surface area contributed by atoms with Crippen LogP contribution >= 0.6 is 15.9 Å². The van der Waals surface area contributed by atoms with Gasteiger partial charge in [-0.2, -0.15) is 0 Å². The van der Waals surface area contributed by atoms with Gasteiger partial charge < -0.3 is 14.8 Å². The average molecular weight is 368 g/mol. The molecule has 1 fully saturated rings. The number of rotatable bonds is 6. The second-order valence-electron chi connectivity index (χ2n) is 5.16. The second-order valence-corrected chi connectivity index (χ2v) is 6.01. The van der Waals surface area contributed by atoms with Gasteiger partial charge in [-0.15, -0.1) is 13.2 Å². The van der Waals surface area contributed by atoms with Gasteiger partial charge in [-0.05, 0) is 52.9 Å². The third-order valence-electron chi connectivity index (χ3n) is 3.70. The minimum absolute atomic E-state index is 0.0728. The van der Waals surface area contributed by atoms with Crippen LogP contribution in [0.5, 0.6) is 5.75 Å². The van der Waals surface area contributed by atoms with Crippen molar-refractivity contribution >= 4 is 15.9 Å². The molecule has 1 aromatic carbocycles. The highest BCUT2D eigenvalue weighted by molar-refractivity contribution is 9.10. The molecular weight excluding hydrogens is 351 g/mol. The molecule has 7 heteroatoms. The highest BCUT2D eigenvalue weighted by Crippen LogP contribution is 2.34. The van der Waals surface area contributed by atoms with Gasteiger partial charge in [0.25, 0.3) is 0 Å². The molecule has 2 rings (SSSR count). The summed E-state index contributed by atoms with van der Waals surface area (Å²) in [6.45, 7) is 1.30. The Morgan fingerprint density at radius 1 is 1.33 bits per heavy atom. The maximum Gasteiger partial charge on any atom is 0.573 e. The molecule has 0 radical (unpaired) electrons. The van der Waals surface area contributed by atoms with Gasteiger partial charge in [-0.25, -0.2) is 0 Å². The molecule has 0 aromatic heterocycles. The third-order valence-corrected chi connectivity index (χ3v) is 4.32. The van der Waals surface area contributed by atoms with Gasteiger partial charge in [0, 0.05) is 20.2 Å². The van der Waals surface area contributed by atoms with E-state index in [-0.39, 0.29) is 15.8 Å². The summed E-state index contributed by atoms with van der Waals surface area (Å²) < 4.78 is 46.2. The molecule has 0 saturated heterocycles. The van der Waals surface area contributed by atoms with Gasteiger partial charge in [0.2, 0.25) is 0 Å². The number of hydrogen-bond acceptors (Lipinski definition) is 3. The number of halogens is 4. The Balaban J connectivity index is 1.88. The summed E-state index contributed by atoms with van der Waals surface area (Å²) in [4.78, 5) is 0. The summed E-state index contributed by atoms with van der Waals surface area (Å²) in [6, 6.07) is 4.54. The standard InChI is InChI=1S/C14H17BrF3NO2/c1-20-13(5-2-6-13)9-19-8-10-3-4-12(11(15)7-10)21-14(16,17)18/h3-4,7,19H,2,5-6,8-9H2,1H3. The maximum absolute atomic E-state index is 12.2. The van der Waals surface area contributed by atoms with Crippen LogP contribution in [0.25, 0.3) is 0 Å². The lowest BCUT2D eigenvalue weighted by Gasteiger charge is -2.40. The van der Waals surface area contributed by atoms with Crippen LogP contribution in [0.2, 0.25) is 0 Å². The summed E-state index contributed by atoms with van der Waals surface area (Å²) >= 11 is 3.09. The SMILES string of the molecule is COC1(CNCc2ccc(OC(F)(F)F)c(Br)c2)CCC1. The van der Waals surface area contributed by atoms with E-state index in [2.05, 4.69) is 26.0 Å². The largest absolute Gasteiger partial charge is 0.573 e. The van der Waals surface area contributed by atoms with Crippen LogP contribution < -0.4 is 10.1 Å². The predicted molar refractivity (Wildman–Crippen MR) is 76.1 cm³/mol. The predicted octanol–water partition coefficient (Wildman–Crippen LogP) is 4.01. The molecule has 0 aliphatic heterocycles. The first-order valence-corrected chi connectivity index (χ1v) is 7.43. The molecule has 1 aromatic rings. The van der Waals surface area contributed by atoms with Crippen LogP contribution in [0.4, 0.5) is 13.2 Å². The number of hydrogen-bond donors (Lipinski definition) is 1. The van der Waals surface area contributed by atoms with Crippen LogP contribution in [0.1, 0.15) is 24.8 Å². The summed E-state index contributed by atoms with van der Waals surface area (Å²) in [7, 11) is 1.71. The lowest BCUT2D eigenvalue weighted by Crippen LogP contribution is -2.47. The first-order chi connectivity index (χ1) is 9.84. The lowest BCUT2D eigenvalue weighted by molar-refractivity contribution is -0.274. The molecule has 1 aliphatic carbocycles. The zero-order chi connectivity index (χ0) is 15.5. The smallest absolute Gasteiger partial charge is 0.405 e.